The van der Waals surface area contributed by atoms with E-state index >= 15 is 0 Å². The van der Waals surface area contributed by atoms with Crippen LogP contribution in [0.5, 0.6) is 5.75 Å². The fourth-order valence-corrected chi connectivity index (χ4v) is 2.39. The normalized spacial score (nSPS) is 18.9. The number of ether oxygens (including phenoxy) is 1. The quantitative estimate of drug-likeness (QED) is 0.850. The molecule has 1 aliphatic heterocycles. The number of benzene rings is 1. The predicted octanol–water partition coefficient (Wildman–Crippen LogP) is 1.20. The Morgan fingerprint density at radius 1 is 1.20 bits per heavy atom. The Morgan fingerprint density at radius 3 is 2.50 bits per heavy atom. The van der Waals surface area contributed by atoms with E-state index in [0.29, 0.717) is 6.54 Å². The molecule has 4 nitrogen and oxygen atoms in total. The molecular formula is C15H23FN2O2. The van der Waals surface area contributed by atoms with Crippen molar-refractivity contribution in [2.75, 3.05) is 45.9 Å². The minimum Gasteiger partial charge on any atom is -0.488 e. The monoisotopic (exact) mass is 282 g/mol. The maximum Gasteiger partial charge on any atom is 0.165 e. The molecule has 5 heteroatoms. The van der Waals surface area contributed by atoms with Gasteiger partial charge >= 0.3 is 0 Å². The van der Waals surface area contributed by atoms with Gasteiger partial charge in [0.15, 0.2) is 11.6 Å². The average molecular weight is 282 g/mol. The number of para-hydroxylation sites is 1. The van der Waals surface area contributed by atoms with Gasteiger partial charge in [-0.05, 0) is 18.7 Å². The molecule has 20 heavy (non-hydrogen) atoms. The van der Waals surface area contributed by atoms with E-state index in [1.807, 2.05) is 0 Å². The second-order valence-electron chi connectivity index (χ2n) is 5.13. The zero-order valence-corrected chi connectivity index (χ0v) is 12.0. The van der Waals surface area contributed by atoms with Gasteiger partial charge in [-0.1, -0.05) is 19.1 Å². The van der Waals surface area contributed by atoms with Crippen LogP contribution in [-0.2, 0) is 0 Å². The van der Waals surface area contributed by atoms with Crippen LogP contribution in [0.4, 0.5) is 4.39 Å². The van der Waals surface area contributed by atoms with E-state index in [2.05, 4.69) is 16.7 Å². The van der Waals surface area contributed by atoms with E-state index in [1.54, 1.807) is 18.2 Å². The van der Waals surface area contributed by atoms with Gasteiger partial charge in [0.25, 0.3) is 0 Å². The highest BCUT2D eigenvalue weighted by atomic mass is 19.1. The summed E-state index contributed by atoms with van der Waals surface area (Å²) in [6.07, 6.45) is -0.595. The zero-order valence-electron chi connectivity index (χ0n) is 12.0. The first-order valence-electron chi connectivity index (χ1n) is 7.19. The Balaban J connectivity index is 1.71. The maximum absolute atomic E-state index is 13.4. The van der Waals surface area contributed by atoms with Crippen LogP contribution in [0.3, 0.4) is 0 Å². The Morgan fingerprint density at radius 2 is 1.85 bits per heavy atom. The molecule has 1 fully saturated rings. The molecule has 2 rings (SSSR count). The first-order chi connectivity index (χ1) is 9.69. The predicted molar refractivity (Wildman–Crippen MR) is 76.5 cm³/mol. The lowest BCUT2D eigenvalue weighted by molar-refractivity contribution is 0.0462. The number of hydrogen-bond acceptors (Lipinski definition) is 4. The third kappa shape index (κ3) is 4.44. The smallest absolute Gasteiger partial charge is 0.165 e. The van der Waals surface area contributed by atoms with Gasteiger partial charge < -0.3 is 14.7 Å². The number of nitrogens with zero attached hydrogens (tertiary/aromatic N) is 2. The number of β-amino-alcohol motifs (C(OH)–C–C–N with tert-alkyl or cyclic N) is 1. The summed E-state index contributed by atoms with van der Waals surface area (Å²) in [5.41, 5.74) is 0. The van der Waals surface area contributed by atoms with Gasteiger partial charge in [-0.2, -0.15) is 0 Å². The van der Waals surface area contributed by atoms with Crippen LogP contribution in [0.2, 0.25) is 0 Å². The number of hydrogen-bond donors (Lipinski definition) is 1. The summed E-state index contributed by atoms with van der Waals surface area (Å²) >= 11 is 0. The molecule has 0 radical (unpaired) electrons. The summed E-state index contributed by atoms with van der Waals surface area (Å²) < 4.78 is 18.7. The molecule has 112 valence electrons. The molecule has 1 atom stereocenters. The Kier molecular flexibility index (Phi) is 5.76. The highest BCUT2D eigenvalue weighted by Gasteiger charge is 2.18. The van der Waals surface area contributed by atoms with Crippen molar-refractivity contribution in [1.82, 2.24) is 9.80 Å². The molecule has 1 aromatic rings. The van der Waals surface area contributed by atoms with Crippen molar-refractivity contribution in [2.45, 2.75) is 13.0 Å². The third-order valence-electron chi connectivity index (χ3n) is 3.65. The van der Waals surface area contributed by atoms with Gasteiger partial charge in [-0.25, -0.2) is 4.39 Å². The number of rotatable bonds is 6. The second kappa shape index (κ2) is 7.57. The van der Waals surface area contributed by atoms with Crippen LogP contribution >= 0.6 is 0 Å². The van der Waals surface area contributed by atoms with Crippen molar-refractivity contribution < 1.29 is 14.2 Å². The fraction of sp³-hybridized carbons (Fsp3) is 0.600. The van der Waals surface area contributed by atoms with Crippen LogP contribution in [0.15, 0.2) is 24.3 Å². The summed E-state index contributed by atoms with van der Waals surface area (Å²) in [5, 5.41) is 9.97. The SMILES string of the molecule is CCN1CCN(C[C@H](O)COc2ccccc2F)CC1. The van der Waals surface area contributed by atoms with E-state index in [1.165, 1.54) is 6.07 Å². The molecule has 1 aromatic carbocycles. The summed E-state index contributed by atoms with van der Waals surface area (Å²) in [6, 6.07) is 6.26. The van der Waals surface area contributed by atoms with E-state index in [0.717, 1.165) is 32.7 Å². The molecule has 1 heterocycles. The Labute approximate surface area is 119 Å². The minimum absolute atomic E-state index is 0.120. The van der Waals surface area contributed by atoms with Crippen molar-refractivity contribution in [2.24, 2.45) is 0 Å². The van der Waals surface area contributed by atoms with E-state index in [4.69, 9.17) is 4.74 Å². The summed E-state index contributed by atoms with van der Waals surface area (Å²) in [7, 11) is 0. The van der Waals surface area contributed by atoms with Crippen molar-refractivity contribution >= 4 is 0 Å². The molecule has 1 saturated heterocycles. The van der Waals surface area contributed by atoms with Crippen LogP contribution in [0.1, 0.15) is 6.92 Å². The van der Waals surface area contributed by atoms with E-state index in [9.17, 15) is 9.50 Å². The summed E-state index contributed by atoms with van der Waals surface area (Å²) in [6.45, 7) is 7.93. The molecule has 0 aromatic heterocycles. The molecule has 0 aliphatic carbocycles. The van der Waals surface area contributed by atoms with E-state index in [-0.39, 0.29) is 12.4 Å². The first kappa shape index (κ1) is 15.2. The van der Waals surface area contributed by atoms with Crippen LogP contribution in [0.25, 0.3) is 0 Å². The lowest BCUT2D eigenvalue weighted by Gasteiger charge is -2.34. The molecular weight excluding hydrogens is 259 g/mol. The number of aliphatic hydroxyl groups excluding tert-OH is 1. The number of likely N-dealkylation sites (N-methyl/N-ethyl adjacent to an activating group) is 1. The standard InChI is InChI=1S/C15H23FN2O2/c1-2-17-7-9-18(10-8-17)11-13(19)12-20-15-6-4-3-5-14(15)16/h3-6,13,19H,2,7-12H2,1H3/t13-/m0/s1. The van der Waals surface area contributed by atoms with Crippen molar-refractivity contribution in [3.05, 3.63) is 30.1 Å². The van der Waals surface area contributed by atoms with Gasteiger partial charge in [0.2, 0.25) is 0 Å². The van der Waals surface area contributed by atoms with E-state index < -0.39 is 11.9 Å². The first-order valence-corrected chi connectivity index (χ1v) is 7.19. The zero-order chi connectivity index (χ0) is 14.4. The fourth-order valence-electron chi connectivity index (χ4n) is 2.39. The highest BCUT2D eigenvalue weighted by Crippen LogP contribution is 2.15. The minimum atomic E-state index is -0.595. The number of piperazine rings is 1. The lowest BCUT2D eigenvalue weighted by atomic mass is 10.2. The number of halogens is 1. The van der Waals surface area contributed by atoms with Gasteiger partial charge in [-0.3, -0.25) is 4.90 Å². The summed E-state index contributed by atoms with van der Waals surface area (Å²) in [5.74, 6) is -0.196. The molecule has 0 saturated carbocycles. The second-order valence-corrected chi connectivity index (χ2v) is 5.13. The molecule has 1 aliphatic rings. The Hall–Kier alpha value is -1.17. The van der Waals surface area contributed by atoms with Crippen LogP contribution in [-0.4, -0.2) is 66.9 Å². The van der Waals surface area contributed by atoms with Gasteiger partial charge in [0.05, 0.1) is 0 Å². The van der Waals surface area contributed by atoms with Gasteiger partial charge in [0, 0.05) is 32.7 Å². The van der Waals surface area contributed by atoms with Gasteiger partial charge in [-0.15, -0.1) is 0 Å². The molecule has 0 unspecified atom stereocenters. The largest absolute Gasteiger partial charge is 0.488 e. The Bertz CT molecular complexity index is 409. The van der Waals surface area contributed by atoms with Crippen molar-refractivity contribution in [1.29, 1.82) is 0 Å². The molecule has 0 bridgehead atoms. The topological polar surface area (TPSA) is 35.9 Å². The lowest BCUT2D eigenvalue weighted by Crippen LogP contribution is -2.49. The number of aliphatic hydroxyl groups is 1. The van der Waals surface area contributed by atoms with Crippen LogP contribution < -0.4 is 4.74 Å². The molecule has 0 amide bonds. The van der Waals surface area contributed by atoms with Crippen LogP contribution in [0, 0.1) is 5.82 Å². The van der Waals surface area contributed by atoms with Crippen molar-refractivity contribution in [3.63, 3.8) is 0 Å². The van der Waals surface area contributed by atoms with Gasteiger partial charge in [0.1, 0.15) is 12.7 Å². The highest BCUT2D eigenvalue weighted by molar-refractivity contribution is 5.23. The maximum atomic E-state index is 13.4. The third-order valence-corrected chi connectivity index (χ3v) is 3.65. The van der Waals surface area contributed by atoms with Crippen molar-refractivity contribution in [3.8, 4) is 5.75 Å². The molecule has 0 spiro atoms. The summed E-state index contributed by atoms with van der Waals surface area (Å²) in [4.78, 5) is 4.61. The molecule has 1 N–H and O–H groups in total. The average Bonchev–Trinajstić information content (AvgIpc) is 2.47.